The fourth-order valence-corrected chi connectivity index (χ4v) is 2.37. The van der Waals surface area contributed by atoms with Crippen molar-refractivity contribution in [2.45, 2.75) is 0 Å². The van der Waals surface area contributed by atoms with E-state index in [-0.39, 0.29) is 11.8 Å². The molecule has 2 aromatic rings. The van der Waals surface area contributed by atoms with Crippen LogP contribution < -0.4 is 5.73 Å². The van der Waals surface area contributed by atoms with E-state index in [0.29, 0.717) is 10.4 Å². The Kier molecular flexibility index (Phi) is 2.62. The van der Waals surface area contributed by atoms with Gasteiger partial charge in [-0.25, -0.2) is 4.79 Å². The van der Waals surface area contributed by atoms with Crippen molar-refractivity contribution >= 4 is 33.2 Å². The number of amidine groups is 1. The van der Waals surface area contributed by atoms with Gasteiger partial charge in [-0.3, -0.25) is 5.41 Å². The maximum absolute atomic E-state index is 11.3. The van der Waals surface area contributed by atoms with Crippen LogP contribution in [0.25, 0.3) is 10.1 Å². The Balaban J connectivity index is 2.53. The molecule has 0 aliphatic heterocycles. The van der Waals surface area contributed by atoms with Crippen LogP contribution in [-0.2, 0) is 4.74 Å². The maximum atomic E-state index is 11.3. The molecule has 1 aromatic heterocycles. The van der Waals surface area contributed by atoms with Crippen LogP contribution in [0.5, 0.6) is 0 Å². The zero-order valence-electron chi connectivity index (χ0n) is 8.61. The van der Waals surface area contributed by atoms with Crippen LogP contribution in [0.15, 0.2) is 24.3 Å². The maximum Gasteiger partial charge on any atom is 0.337 e. The molecule has 0 fully saturated rings. The predicted octanol–water partition coefficient (Wildman–Crippen LogP) is 1.97. The van der Waals surface area contributed by atoms with E-state index in [2.05, 4.69) is 4.74 Å². The van der Waals surface area contributed by atoms with Crippen LogP contribution in [0, 0.1) is 5.41 Å². The molecule has 82 valence electrons. The Morgan fingerprint density at radius 3 is 2.81 bits per heavy atom. The van der Waals surface area contributed by atoms with E-state index in [1.165, 1.54) is 18.4 Å². The Bertz CT molecular complexity index is 574. The fourth-order valence-electron chi connectivity index (χ4n) is 1.41. The van der Waals surface area contributed by atoms with Gasteiger partial charge in [-0.15, -0.1) is 11.3 Å². The van der Waals surface area contributed by atoms with Crippen LogP contribution in [0.1, 0.15) is 15.2 Å². The second-order valence-electron chi connectivity index (χ2n) is 3.27. The van der Waals surface area contributed by atoms with Crippen LogP contribution in [-0.4, -0.2) is 18.9 Å². The number of rotatable bonds is 2. The van der Waals surface area contributed by atoms with Gasteiger partial charge in [-0.1, -0.05) is 6.07 Å². The van der Waals surface area contributed by atoms with E-state index in [4.69, 9.17) is 11.1 Å². The molecular weight excluding hydrogens is 224 g/mol. The summed E-state index contributed by atoms with van der Waals surface area (Å²) in [6.45, 7) is 0. The van der Waals surface area contributed by atoms with Gasteiger partial charge < -0.3 is 10.5 Å². The highest BCUT2D eigenvalue weighted by atomic mass is 32.1. The van der Waals surface area contributed by atoms with Crippen molar-refractivity contribution < 1.29 is 9.53 Å². The molecule has 0 bridgehead atoms. The molecule has 3 N–H and O–H groups in total. The summed E-state index contributed by atoms with van der Waals surface area (Å²) in [5.41, 5.74) is 5.91. The second kappa shape index (κ2) is 3.94. The number of ether oxygens (including phenoxy) is 1. The number of thiophene rings is 1. The molecule has 0 spiro atoms. The third-order valence-electron chi connectivity index (χ3n) is 2.21. The Hall–Kier alpha value is -1.88. The highest BCUT2D eigenvalue weighted by Gasteiger charge is 2.09. The molecule has 5 heteroatoms. The molecule has 2 rings (SSSR count). The first-order valence-electron chi connectivity index (χ1n) is 4.58. The molecule has 0 amide bonds. The summed E-state index contributed by atoms with van der Waals surface area (Å²) in [5, 5.41) is 8.31. The van der Waals surface area contributed by atoms with Gasteiger partial charge in [-0.05, 0) is 23.6 Å². The highest BCUT2D eigenvalue weighted by molar-refractivity contribution is 7.20. The number of benzene rings is 1. The molecule has 1 heterocycles. The molecule has 0 aliphatic rings. The largest absolute Gasteiger partial charge is 0.465 e. The SMILES string of the molecule is COC(=O)c1ccc2cc(C(=N)N)sc2c1. The smallest absolute Gasteiger partial charge is 0.337 e. The van der Waals surface area contributed by atoms with Crippen LogP contribution in [0.2, 0.25) is 0 Å². The van der Waals surface area contributed by atoms with Gasteiger partial charge in [-0.2, -0.15) is 0 Å². The highest BCUT2D eigenvalue weighted by Crippen LogP contribution is 2.26. The number of hydrogen-bond acceptors (Lipinski definition) is 4. The molecule has 0 radical (unpaired) electrons. The molecule has 4 nitrogen and oxygen atoms in total. The number of fused-ring (bicyclic) bond motifs is 1. The average Bonchev–Trinajstić information content (AvgIpc) is 2.70. The zero-order chi connectivity index (χ0) is 11.7. The number of esters is 1. The summed E-state index contributed by atoms with van der Waals surface area (Å²) in [5.74, 6) is -0.319. The van der Waals surface area contributed by atoms with Gasteiger partial charge in [0.2, 0.25) is 0 Å². The number of hydrogen-bond donors (Lipinski definition) is 2. The molecule has 0 saturated carbocycles. The van der Waals surface area contributed by atoms with Gasteiger partial charge in [0.1, 0.15) is 5.84 Å². The normalized spacial score (nSPS) is 10.3. The van der Waals surface area contributed by atoms with Gasteiger partial charge in [0.05, 0.1) is 17.6 Å². The summed E-state index contributed by atoms with van der Waals surface area (Å²) in [4.78, 5) is 12.0. The van der Waals surface area contributed by atoms with E-state index >= 15 is 0 Å². The molecule has 0 unspecified atom stereocenters. The van der Waals surface area contributed by atoms with E-state index in [9.17, 15) is 4.79 Å². The van der Waals surface area contributed by atoms with Crippen molar-refractivity contribution in [1.29, 1.82) is 5.41 Å². The fraction of sp³-hybridized carbons (Fsp3) is 0.0909. The van der Waals surface area contributed by atoms with Gasteiger partial charge >= 0.3 is 5.97 Å². The number of carbonyl (C=O) groups is 1. The third kappa shape index (κ3) is 1.77. The van der Waals surface area contributed by atoms with Crippen molar-refractivity contribution in [3.8, 4) is 0 Å². The number of carbonyl (C=O) groups excluding carboxylic acids is 1. The van der Waals surface area contributed by atoms with Crippen molar-refractivity contribution in [2.24, 2.45) is 5.73 Å². The van der Waals surface area contributed by atoms with Crippen molar-refractivity contribution in [1.82, 2.24) is 0 Å². The predicted molar refractivity (Wildman–Crippen MR) is 64.2 cm³/mol. The first-order chi connectivity index (χ1) is 7.61. The minimum Gasteiger partial charge on any atom is -0.465 e. The van der Waals surface area contributed by atoms with Crippen molar-refractivity contribution in [3.05, 3.63) is 34.7 Å². The molecule has 0 aliphatic carbocycles. The van der Waals surface area contributed by atoms with E-state index in [1.54, 1.807) is 12.1 Å². The molecule has 1 aromatic carbocycles. The minimum atomic E-state index is -0.361. The van der Waals surface area contributed by atoms with Gasteiger partial charge in [0.25, 0.3) is 0 Å². The summed E-state index contributed by atoms with van der Waals surface area (Å²) < 4.78 is 5.56. The first kappa shape index (κ1) is 10.6. The quantitative estimate of drug-likeness (QED) is 0.474. The average molecular weight is 234 g/mol. The Morgan fingerprint density at radius 2 is 2.19 bits per heavy atom. The summed E-state index contributed by atoms with van der Waals surface area (Å²) >= 11 is 1.39. The number of methoxy groups -OCH3 is 1. The summed E-state index contributed by atoms with van der Waals surface area (Å²) in [7, 11) is 1.35. The summed E-state index contributed by atoms with van der Waals surface area (Å²) in [6.07, 6.45) is 0. The summed E-state index contributed by atoms with van der Waals surface area (Å²) in [6, 6.07) is 7.11. The van der Waals surface area contributed by atoms with Gasteiger partial charge in [0.15, 0.2) is 0 Å². The topological polar surface area (TPSA) is 76.2 Å². The third-order valence-corrected chi connectivity index (χ3v) is 3.34. The molecule has 0 atom stereocenters. The Labute approximate surface area is 96.1 Å². The molecule has 0 saturated heterocycles. The number of nitrogens with one attached hydrogen (secondary N) is 1. The van der Waals surface area contributed by atoms with Crippen LogP contribution in [0.3, 0.4) is 0 Å². The first-order valence-corrected chi connectivity index (χ1v) is 5.40. The minimum absolute atomic E-state index is 0.0424. The van der Waals surface area contributed by atoms with Crippen molar-refractivity contribution in [3.63, 3.8) is 0 Å². The lowest BCUT2D eigenvalue weighted by atomic mass is 10.2. The lowest BCUT2D eigenvalue weighted by Gasteiger charge is -1.97. The number of nitrogens with two attached hydrogens (primary N) is 1. The second-order valence-corrected chi connectivity index (χ2v) is 4.35. The lowest BCUT2D eigenvalue weighted by molar-refractivity contribution is 0.0601. The molecule has 16 heavy (non-hydrogen) atoms. The Morgan fingerprint density at radius 1 is 1.44 bits per heavy atom. The monoisotopic (exact) mass is 234 g/mol. The van der Waals surface area contributed by atoms with Crippen molar-refractivity contribution in [2.75, 3.05) is 7.11 Å². The van der Waals surface area contributed by atoms with Crippen LogP contribution >= 0.6 is 11.3 Å². The standard InChI is InChI=1S/C11H10N2O2S/c1-15-11(14)7-3-2-6-4-9(10(12)13)16-8(6)5-7/h2-5H,1H3,(H3,12,13). The number of nitrogen functional groups attached to an aromatic ring is 1. The van der Waals surface area contributed by atoms with E-state index in [0.717, 1.165) is 10.1 Å². The van der Waals surface area contributed by atoms with Crippen LogP contribution in [0.4, 0.5) is 0 Å². The van der Waals surface area contributed by atoms with Gasteiger partial charge in [0, 0.05) is 4.70 Å². The van der Waals surface area contributed by atoms with E-state index in [1.807, 2.05) is 12.1 Å². The zero-order valence-corrected chi connectivity index (χ0v) is 9.43. The van der Waals surface area contributed by atoms with E-state index < -0.39 is 0 Å². The lowest BCUT2D eigenvalue weighted by Crippen LogP contribution is -2.08. The molecular formula is C11H10N2O2S.